The van der Waals surface area contributed by atoms with Crippen molar-refractivity contribution in [1.29, 1.82) is 0 Å². The van der Waals surface area contributed by atoms with Gasteiger partial charge in [-0.2, -0.15) is 0 Å². The van der Waals surface area contributed by atoms with E-state index in [1.165, 1.54) is 44.2 Å². The van der Waals surface area contributed by atoms with Crippen molar-refractivity contribution in [2.24, 2.45) is 11.8 Å². The standard InChI is InChI=1S/C18H27FN2O2/c19-16-9-6-15(7-10-16)12-13-21-18(22)17(23-20)11-8-14-4-2-1-3-5-14/h6-7,9-10,14,17H,1-5,8,11-13,20H2,(H,21,22). The molecule has 0 heterocycles. The number of amides is 1. The van der Waals surface area contributed by atoms with Crippen molar-refractivity contribution >= 4 is 5.91 Å². The molecule has 0 bridgehead atoms. The summed E-state index contributed by atoms with van der Waals surface area (Å²) in [5, 5.41) is 2.85. The van der Waals surface area contributed by atoms with Crippen LogP contribution in [0.3, 0.4) is 0 Å². The normalized spacial score (nSPS) is 17.0. The van der Waals surface area contributed by atoms with E-state index in [1.807, 2.05) is 0 Å². The molecule has 1 aliphatic carbocycles. The van der Waals surface area contributed by atoms with Gasteiger partial charge in [-0.15, -0.1) is 0 Å². The van der Waals surface area contributed by atoms with Crippen LogP contribution in [0.25, 0.3) is 0 Å². The molecule has 1 fully saturated rings. The Morgan fingerprint density at radius 2 is 1.96 bits per heavy atom. The molecule has 128 valence electrons. The van der Waals surface area contributed by atoms with Crippen LogP contribution in [-0.4, -0.2) is 18.6 Å². The van der Waals surface area contributed by atoms with Crippen LogP contribution >= 0.6 is 0 Å². The Morgan fingerprint density at radius 3 is 2.61 bits per heavy atom. The highest BCUT2D eigenvalue weighted by molar-refractivity contribution is 5.80. The average Bonchev–Trinajstić information content (AvgIpc) is 2.58. The number of benzene rings is 1. The molecular weight excluding hydrogens is 295 g/mol. The molecular formula is C18H27FN2O2. The van der Waals surface area contributed by atoms with Gasteiger partial charge in [0.05, 0.1) is 0 Å². The van der Waals surface area contributed by atoms with Crippen LogP contribution in [-0.2, 0) is 16.1 Å². The maximum Gasteiger partial charge on any atom is 0.251 e. The van der Waals surface area contributed by atoms with Gasteiger partial charge in [-0.1, -0.05) is 44.2 Å². The van der Waals surface area contributed by atoms with Gasteiger partial charge in [-0.3, -0.25) is 9.63 Å². The van der Waals surface area contributed by atoms with Crippen molar-refractivity contribution in [3.05, 3.63) is 35.6 Å². The van der Waals surface area contributed by atoms with Crippen molar-refractivity contribution < 1.29 is 14.0 Å². The van der Waals surface area contributed by atoms with E-state index in [0.717, 1.165) is 12.0 Å². The van der Waals surface area contributed by atoms with Gasteiger partial charge in [0.1, 0.15) is 5.82 Å². The number of halogens is 1. The third-order valence-corrected chi connectivity index (χ3v) is 4.64. The van der Waals surface area contributed by atoms with E-state index in [1.54, 1.807) is 12.1 Å². The fourth-order valence-corrected chi connectivity index (χ4v) is 3.22. The lowest BCUT2D eigenvalue weighted by atomic mass is 9.85. The molecule has 1 aromatic carbocycles. The van der Waals surface area contributed by atoms with Crippen LogP contribution in [0.1, 0.15) is 50.5 Å². The Morgan fingerprint density at radius 1 is 1.26 bits per heavy atom. The van der Waals surface area contributed by atoms with E-state index < -0.39 is 6.10 Å². The van der Waals surface area contributed by atoms with Crippen molar-refractivity contribution in [1.82, 2.24) is 5.32 Å². The van der Waals surface area contributed by atoms with Crippen LogP contribution in [0.2, 0.25) is 0 Å². The van der Waals surface area contributed by atoms with Gasteiger partial charge in [0.15, 0.2) is 6.10 Å². The summed E-state index contributed by atoms with van der Waals surface area (Å²) in [7, 11) is 0. The molecule has 23 heavy (non-hydrogen) atoms. The first-order valence-corrected chi connectivity index (χ1v) is 8.56. The highest BCUT2D eigenvalue weighted by Crippen LogP contribution is 2.27. The van der Waals surface area contributed by atoms with Crippen LogP contribution < -0.4 is 11.2 Å². The van der Waals surface area contributed by atoms with E-state index in [2.05, 4.69) is 5.32 Å². The molecule has 3 N–H and O–H groups in total. The van der Waals surface area contributed by atoms with Gasteiger partial charge in [-0.05, 0) is 42.9 Å². The number of nitrogens with one attached hydrogen (secondary N) is 1. The number of hydrogen-bond donors (Lipinski definition) is 2. The van der Waals surface area contributed by atoms with Gasteiger partial charge in [0.2, 0.25) is 0 Å². The maximum atomic E-state index is 12.8. The Kier molecular flexibility index (Phi) is 7.49. The number of hydrogen-bond acceptors (Lipinski definition) is 3. The van der Waals surface area contributed by atoms with Crippen LogP contribution in [0, 0.1) is 11.7 Å². The van der Waals surface area contributed by atoms with Crippen molar-refractivity contribution in [3.63, 3.8) is 0 Å². The summed E-state index contributed by atoms with van der Waals surface area (Å²) in [5.74, 6) is 5.57. The summed E-state index contributed by atoms with van der Waals surface area (Å²) in [6, 6.07) is 6.29. The fraction of sp³-hybridized carbons (Fsp3) is 0.611. The predicted octanol–water partition coefficient (Wildman–Crippen LogP) is 3.10. The SMILES string of the molecule is NOC(CCC1CCCCC1)C(=O)NCCc1ccc(F)cc1. The lowest BCUT2D eigenvalue weighted by Gasteiger charge is -2.23. The number of carbonyl (C=O) groups is 1. The first-order valence-electron chi connectivity index (χ1n) is 8.56. The molecule has 1 amide bonds. The lowest BCUT2D eigenvalue weighted by Crippen LogP contribution is -2.39. The van der Waals surface area contributed by atoms with Crippen molar-refractivity contribution in [2.45, 2.75) is 57.5 Å². The second kappa shape index (κ2) is 9.63. The Hall–Kier alpha value is -1.46. The fourth-order valence-electron chi connectivity index (χ4n) is 3.22. The molecule has 1 unspecified atom stereocenters. The molecule has 0 spiro atoms. The molecule has 1 atom stereocenters. The molecule has 0 saturated heterocycles. The summed E-state index contributed by atoms with van der Waals surface area (Å²) in [6.07, 6.45) is 8.17. The lowest BCUT2D eigenvalue weighted by molar-refractivity contribution is -0.133. The molecule has 0 aromatic heterocycles. The van der Waals surface area contributed by atoms with Gasteiger partial charge >= 0.3 is 0 Å². The van der Waals surface area contributed by atoms with Crippen LogP contribution in [0.5, 0.6) is 0 Å². The van der Waals surface area contributed by atoms with Crippen LogP contribution in [0.15, 0.2) is 24.3 Å². The summed E-state index contributed by atoms with van der Waals surface area (Å²) < 4.78 is 12.8. The van der Waals surface area contributed by atoms with E-state index in [0.29, 0.717) is 25.3 Å². The van der Waals surface area contributed by atoms with E-state index in [-0.39, 0.29) is 11.7 Å². The Balaban J connectivity index is 1.68. The van der Waals surface area contributed by atoms with Crippen LogP contribution in [0.4, 0.5) is 4.39 Å². The second-order valence-corrected chi connectivity index (χ2v) is 6.37. The molecule has 2 rings (SSSR count). The number of nitrogens with two attached hydrogens (primary N) is 1. The molecule has 1 aliphatic rings. The van der Waals surface area contributed by atoms with E-state index in [9.17, 15) is 9.18 Å². The topological polar surface area (TPSA) is 64.3 Å². The zero-order chi connectivity index (χ0) is 16.5. The predicted molar refractivity (Wildman–Crippen MR) is 88.0 cm³/mol. The van der Waals surface area contributed by atoms with E-state index >= 15 is 0 Å². The summed E-state index contributed by atoms with van der Waals surface area (Å²) >= 11 is 0. The second-order valence-electron chi connectivity index (χ2n) is 6.37. The third-order valence-electron chi connectivity index (χ3n) is 4.64. The summed E-state index contributed by atoms with van der Waals surface area (Å²) in [5.41, 5.74) is 0.985. The molecule has 0 radical (unpaired) electrons. The van der Waals surface area contributed by atoms with Crippen molar-refractivity contribution in [2.75, 3.05) is 6.54 Å². The number of carbonyl (C=O) groups excluding carboxylic acids is 1. The summed E-state index contributed by atoms with van der Waals surface area (Å²) in [6.45, 7) is 0.494. The van der Waals surface area contributed by atoms with E-state index in [4.69, 9.17) is 10.7 Å². The van der Waals surface area contributed by atoms with Crippen molar-refractivity contribution in [3.8, 4) is 0 Å². The monoisotopic (exact) mass is 322 g/mol. The Labute approximate surface area is 137 Å². The summed E-state index contributed by atoms with van der Waals surface area (Å²) in [4.78, 5) is 17.0. The molecule has 1 aromatic rings. The van der Waals surface area contributed by atoms with Gasteiger partial charge < -0.3 is 5.32 Å². The zero-order valence-corrected chi connectivity index (χ0v) is 13.6. The largest absolute Gasteiger partial charge is 0.353 e. The number of rotatable bonds is 8. The van der Waals surface area contributed by atoms with Gasteiger partial charge in [-0.25, -0.2) is 10.3 Å². The molecule has 5 heteroatoms. The minimum atomic E-state index is -0.579. The van der Waals surface area contributed by atoms with Gasteiger partial charge in [0.25, 0.3) is 5.91 Å². The maximum absolute atomic E-state index is 12.8. The third kappa shape index (κ3) is 6.28. The molecule has 4 nitrogen and oxygen atoms in total. The zero-order valence-electron chi connectivity index (χ0n) is 13.6. The molecule has 0 aliphatic heterocycles. The van der Waals surface area contributed by atoms with Gasteiger partial charge in [0, 0.05) is 6.54 Å². The highest BCUT2D eigenvalue weighted by Gasteiger charge is 2.21. The smallest absolute Gasteiger partial charge is 0.251 e. The minimum Gasteiger partial charge on any atom is -0.353 e. The average molecular weight is 322 g/mol. The Bertz CT molecular complexity index is 472. The minimum absolute atomic E-state index is 0.162. The first kappa shape index (κ1) is 17.9. The molecule has 1 saturated carbocycles. The first-order chi connectivity index (χ1) is 11.2. The highest BCUT2D eigenvalue weighted by atomic mass is 19.1. The quantitative estimate of drug-likeness (QED) is 0.723.